The van der Waals surface area contributed by atoms with Crippen LogP contribution < -0.4 is 11.1 Å². The van der Waals surface area contributed by atoms with Gasteiger partial charge in [-0.15, -0.1) is 0 Å². The molecule has 0 saturated carbocycles. The molecule has 2 aromatic rings. The summed E-state index contributed by atoms with van der Waals surface area (Å²) >= 11 is 0. The highest BCUT2D eigenvalue weighted by atomic mass is 15.1. The molecule has 3 N–H and O–H groups in total. The molecular formula is C17H24N4. The molecule has 4 heteroatoms. The molecule has 0 atom stereocenters. The second kappa shape index (κ2) is 7.07. The maximum atomic E-state index is 5.84. The fourth-order valence-electron chi connectivity index (χ4n) is 2.09. The Kier molecular flexibility index (Phi) is 5.14. The number of nitrogen functional groups attached to an aromatic ring is 1. The first kappa shape index (κ1) is 15.3. The standard InChI is InChI=1S/C17H24N4/c1-4-5-6-13-7-9-14(10-8-13)19-16-11-15(18)20-17(21-16)12(2)3/h7-12H,4-6H2,1-3H3,(H3,18,19,20,21). The Morgan fingerprint density at radius 1 is 1.14 bits per heavy atom. The summed E-state index contributed by atoms with van der Waals surface area (Å²) in [5, 5.41) is 3.29. The van der Waals surface area contributed by atoms with Gasteiger partial charge in [0.25, 0.3) is 0 Å². The number of benzene rings is 1. The molecule has 2 rings (SSSR count). The first-order valence-corrected chi connectivity index (χ1v) is 7.59. The Bertz CT molecular complexity index is 576. The monoisotopic (exact) mass is 284 g/mol. The van der Waals surface area contributed by atoms with Crippen molar-refractivity contribution in [2.75, 3.05) is 11.1 Å². The van der Waals surface area contributed by atoms with Gasteiger partial charge in [-0.3, -0.25) is 0 Å². The predicted octanol–water partition coefficient (Wildman–Crippen LogP) is 4.27. The number of aryl methyl sites for hydroxylation is 1. The molecule has 112 valence electrons. The van der Waals surface area contributed by atoms with Gasteiger partial charge < -0.3 is 11.1 Å². The largest absolute Gasteiger partial charge is 0.384 e. The van der Waals surface area contributed by atoms with Gasteiger partial charge in [0.05, 0.1) is 0 Å². The van der Waals surface area contributed by atoms with Crippen molar-refractivity contribution in [2.24, 2.45) is 0 Å². The summed E-state index contributed by atoms with van der Waals surface area (Å²) in [5.74, 6) is 2.26. The van der Waals surface area contributed by atoms with Gasteiger partial charge in [-0.25, -0.2) is 9.97 Å². The number of anilines is 3. The smallest absolute Gasteiger partial charge is 0.136 e. The zero-order chi connectivity index (χ0) is 15.2. The van der Waals surface area contributed by atoms with Gasteiger partial charge in [-0.05, 0) is 30.5 Å². The predicted molar refractivity (Wildman–Crippen MR) is 88.9 cm³/mol. The number of rotatable bonds is 6. The highest BCUT2D eigenvalue weighted by molar-refractivity contribution is 5.58. The van der Waals surface area contributed by atoms with Crippen LogP contribution in [0.5, 0.6) is 0 Å². The summed E-state index contributed by atoms with van der Waals surface area (Å²) in [5.41, 5.74) is 8.22. The van der Waals surface area contributed by atoms with Gasteiger partial charge in [-0.2, -0.15) is 0 Å². The molecule has 1 heterocycles. The molecule has 21 heavy (non-hydrogen) atoms. The van der Waals surface area contributed by atoms with Gasteiger partial charge in [-0.1, -0.05) is 39.3 Å². The summed E-state index contributed by atoms with van der Waals surface area (Å²) in [6.07, 6.45) is 3.58. The van der Waals surface area contributed by atoms with Crippen molar-refractivity contribution in [3.63, 3.8) is 0 Å². The molecule has 0 aliphatic carbocycles. The Morgan fingerprint density at radius 3 is 2.48 bits per heavy atom. The van der Waals surface area contributed by atoms with Crippen LogP contribution in [0.4, 0.5) is 17.3 Å². The molecule has 0 saturated heterocycles. The van der Waals surface area contributed by atoms with Gasteiger partial charge >= 0.3 is 0 Å². The third-order valence-corrected chi connectivity index (χ3v) is 3.32. The average molecular weight is 284 g/mol. The first-order chi connectivity index (χ1) is 10.1. The van der Waals surface area contributed by atoms with E-state index in [9.17, 15) is 0 Å². The lowest BCUT2D eigenvalue weighted by molar-refractivity contribution is 0.779. The van der Waals surface area contributed by atoms with Gasteiger partial charge in [0.1, 0.15) is 17.5 Å². The third-order valence-electron chi connectivity index (χ3n) is 3.32. The minimum Gasteiger partial charge on any atom is -0.384 e. The zero-order valence-corrected chi connectivity index (χ0v) is 13.1. The molecule has 4 nitrogen and oxygen atoms in total. The molecule has 0 aliphatic heterocycles. The first-order valence-electron chi connectivity index (χ1n) is 7.59. The third kappa shape index (κ3) is 4.45. The van der Waals surface area contributed by atoms with Crippen molar-refractivity contribution in [3.05, 3.63) is 41.7 Å². The lowest BCUT2D eigenvalue weighted by Crippen LogP contribution is -2.04. The number of aromatic nitrogens is 2. The Morgan fingerprint density at radius 2 is 1.86 bits per heavy atom. The van der Waals surface area contributed by atoms with E-state index in [0.717, 1.165) is 23.8 Å². The van der Waals surface area contributed by atoms with Crippen LogP contribution in [0.25, 0.3) is 0 Å². The molecule has 1 aromatic heterocycles. The van der Waals surface area contributed by atoms with E-state index in [1.807, 2.05) is 0 Å². The van der Waals surface area contributed by atoms with Gasteiger partial charge in [0.15, 0.2) is 0 Å². The number of nitrogens with two attached hydrogens (primary N) is 1. The molecule has 0 bridgehead atoms. The zero-order valence-electron chi connectivity index (χ0n) is 13.1. The van der Waals surface area contributed by atoms with Crippen LogP contribution in [-0.2, 0) is 6.42 Å². The second-order valence-corrected chi connectivity index (χ2v) is 5.62. The van der Waals surface area contributed by atoms with E-state index in [4.69, 9.17) is 5.73 Å². The highest BCUT2D eigenvalue weighted by Gasteiger charge is 2.06. The van der Waals surface area contributed by atoms with E-state index in [0.29, 0.717) is 5.82 Å². The molecule has 1 aromatic carbocycles. The van der Waals surface area contributed by atoms with Crippen LogP contribution in [0.2, 0.25) is 0 Å². The highest BCUT2D eigenvalue weighted by Crippen LogP contribution is 2.20. The number of unbranched alkanes of at least 4 members (excludes halogenated alkanes) is 1. The lowest BCUT2D eigenvalue weighted by atomic mass is 10.1. The van der Waals surface area contributed by atoms with E-state index in [-0.39, 0.29) is 5.92 Å². The summed E-state index contributed by atoms with van der Waals surface area (Å²) in [4.78, 5) is 8.75. The van der Waals surface area contributed by atoms with Crippen molar-refractivity contribution in [2.45, 2.75) is 46.0 Å². The van der Waals surface area contributed by atoms with Crippen LogP contribution in [0.3, 0.4) is 0 Å². The van der Waals surface area contributed by atoms with Crippen LogP contribution >= 0.6 is 0 Å². The average Bonchev–Trinajstić information content (AvgIpc) is 2.46. The molecular weight excluding hydrogens is 260 g/mol. The molecule has 0 amide bonds. The molecule has 0 unspecified atom stereocenters. The number of hydrogen-bond donors (Lipinski definition) is 2. The van der Waals surface area contributed by atoms with E-state index < -0.39 is 0 Å². The summed E-state index contributed by atoms with van der Waals surface area (Å²) in [6.45, 7) is 6.32. The SMILES string of the molecule is CCCCc1ccc(Nc2cc(N)nc(C(C)C)n2)cc1. The maximum absolute atomic E-state index is 5.84. The fourth-order valence-corrected chi connectivity index (χ4v) is 2.09. The van der Waals surface area contributed by atoms with Gasteiger partial charge in [0, 0.05) is 17.7 Å². The lowest BCUT2D eigenvalue weighted by Gasteiger charge is -2.10. The number of hydrogen-bond acceptors (Lipinski definition) is 4. The van der Waals surface area contributed by atoms with E-state index in [1.165, 1.54) is 18.4 Å². The molecule has 0 aliphatic rings. The topological polar surface area (TPSA) is 63.8 Å². The maximum Gasteiger partial charge on any atom is 0.136 e. The van der Waals surface area contributed by atoms with Crippen molar-refractivity contribution in [1.82, 2.24) is 9.97 Å². The van der Waals surface area contributed by atoms with Crippen LogP contribution in [-0.4, -0.2) is 9.97 Å². The Hall–Kier alpha value is -2.10. The second-order valence-electron chi connectivity index (χ2n) is 5.62. The number of nitrogens with zero attached hydrogens (tertiary/aromatic N) is 2. The number of nitrogens with one attached hydrogen (secondary N) is 1. The normalized spacial score (nSPS) is 10.9. The van der Waals surface area contributed by atoms with E-state index in [1.54, 1.807) is 6.07 Å². The van der Waals surface area contributed by atoms with E-state index in [2.05, 4.69) is 60.3 Å². The minimum atomic E-state index is 0.255. The summed E-state index contributed by atoms with van der Waals surface area (Å²) in [7, 11) is 0. The Balaban J connectivity index is 2.10. The van der Waals surface area contributed by atoms with Crippen LogP contribution in [0, 0.1) is 0 Å². The quantitative estimate of drug-likeness (QED) is 0.831. The van der Waals surface area contributed by atoms with Gasteiger partial charge in [0.2, 0.25) is 0 Å². The molecule has 0 fully saturated rings. The van der Waals surface area contributed by atoms with Crippen LogP contribution in [0.1, 0.15) is 50.9 Å². The molecule has 0 radical (unpaired) electrons. The van der Waals surface area contributed by atoms with Crippen molar-refractivity contribution in [3.8, 4) is 0 Å². The van der Waals surface area contributed by atoms with Crippen molar-refractivity contribution >= 4 is 17.3 Å². The van der Waals surface area contributed by atoms with Crippen molar-refractivity contribution < 1.29 is 0 Å². The van der Waals surface area contributed by atoms with Crippen LogP contribution in [0.15, 0.2) is 30.3 Å². The summed E-state index contributed by atoms with van der Waals surface area (Å²) < 4.78 is 0. The van der Waals surface area contributed by atoms with Crippen molar-refractivity contribution in [1.29, 1.82) is 0 Å². The molecule has 0 spiro atoms. The summed E-state index contributed by atoms with van der Waals surface area (Å²) in [6, 6.07) is 10.2. The minimum absolute atomic E-state index is 0.255. The Labute approximate surface area is 126 Å². The fraction of sp³-hybridized carbons (Fsp3) is 0.412. The van der Waals surface area contributed by atoms with E-state index >= 15 is 0 Å².